The van der Waals surface area contributed by atoms with Gasteiger partial charge in [-0.2, -0.15) is 0 Å². The number of hydrogen-bond donors (Lipinski definition) is 1. The Morgan fingerprint density at radius 1 is 1.18 bits per heavy atom. The van der Waals surface area contributed by atoms with Gasteiger partial charge in [-0.25, -0.2) is 4.39 Å². The zero-order valence-electron chi connectivity index (χ0n) is 13.0. The number of rotatable bonds is 5. The molecule has 0 aliphatic rings. The summed E-state index contributed by atoms with van der Waals surface area (Å²) in [5.74, 6) is -0.376. The highest BCUT2D eigenvalue weighted by Crippen LogP contribution is 2.25. The number of carbonyl (C=O) groups excluding carboxylic acids is 1. The zero-order valence-corrected chi connectivity index (χ0v) is 13.0. The van der Waals surface area contributed by atoms with Gasteiger partial charge in [0.1, 0.15) is 11.6 Å². The van der Waals surface area contributed by atoms with Crippen molar-refractivity contribution in [2.45, 2.75) is 18.9 Å². The molecule has 0 bridgehead atoms. The average Bonchev–Trinajstić information content (AvgIpc) is 2.46. The van der Waals surface area contributed by atoms with E-state index in [9.17, 15) is 14.3 Å². The van der Waals surface area contributed by atoms with E-state index in [1.807, 2.05) is 25.9 Å². The first-order valence-corrected chi connectivity index (χ1v) is 7.08. The number of phenolic OH excluding ortho intramolecular Hbond substituents is 1. The van der Waals surface area contributed by atoms with Crippen LogP contribution in [0.1, 0.15) is 22.8 Å². The van der Waals surface area contributed by atoms with Gasteiger partial charge in [0.15, 0.2) is 5.78 Å². The van der Waals surface area contributed by atoms with Gasteiger partial charge in [0.05, 0.1) is 5.54 Å². The first-order valence-electron chi connectivity index (χ1n) is 7.08. The molecule has 0 saturated heterocycles. The van der Waals surface area contributed by atoms with Gasteiger partial charge in [-0.15, -0.1) is 0 Å². The molecule has 2 aromatic carbocycles. The predicted molar refractivity (Wildman–Crippen MR) is 84.6 cm³/mol. The van der Waals surface area contributed by atoms with Crippen molar-refractivity contribution in [3.63, 3.8) is 0 Å². The van der Waals surface area contributed by atoms with Crippen molar-refractivity contribution in [3.05, 3.63) is 65.5 Å². The predicted octanol–water partition coefficient (Wildman–Crippen LogP) is 3.28. The van der Waals surface area contributed by atoms with Crippen LogP contribution in [0.3, 0.4) is 0 Å². The van der Waals surface area contributed by atoms with E-state index in [2.05, 4.69) is 0 Å². The van der Waals surface area contributed by atoms with Gasteiger partial charge >= 0.3 is 0 Å². The van der Waals surface area contributed by atoms with E-state index < -0.39 is 5.54 Å². The maximum atomic E-state index is 13.4. The molecule has 116 valence electrons. The highest BCUT2D eigenvalue weighted by molar-refractivity contribution is 6.03. The van der Waals surface area contributed by atoms with Gasteiger partial charge in [0, 0.05) is 5.56 Å². The van der Waals surface area contributed by atoms with E-state index in [-0.39, 0.29) is 17.3 Å². The smallest absolute Gasteiger partial charge is 0.183 e. The summed E-state index contributed by atoms with van der Waals surface area (Å²) < 4.78 is 13.4. The van der Waals surface area contributed by atoms with Gasteiger partial charge in [0.25, 0.3) is 0 Å². The molecule has 0 radical (unpaired) electrons. The van der Waals surface area contributed by atoms with Gasteiger partial charge in [-0.1, -0.05) is 24.3 Å². The Bertz CT molecular complexity index is 684. The first-order chi connectivity index (χ1) is 10.3. The molecule has 0 saturated carbocycles. The third-order valence-electron chi connectivity index (χ3n) is 4.02. The van der Waals surface area contributed by atoms with Gasteiger partial charge in [0.2, 0.25) is 0 Å². The summed E-state index contributed by atoms with van der Waals surface area (Å²) in [6.07, 6.45) is 0.381. The molecule has 4 heteroatoms. The van der Waals surface area contributed by atoms with Crippen molar-refractivity contribution in [2.75, 3.05) is 14.1 Å². The van der Waals surface area contributed by atoms with Gasteiger partial charge < -0.3 is 5.11 Å². The number of hydrogen-bond acceptors (Lipinski definition) is 3. The number of likely N-dealkylation sites (N-methyl/N-ethyl adjacent to an activating group) is 1. The van der Waals surface area contributed by atoms with Crippen LogP contribution >= 0.6 is 0 Å². The van der Waals surface area contributed by atoms with Crippen molar-refractivity contribution in [1.82, 2.24) is 4.90 Å². The van der Waals surface area contributed by atoms with Crippen LogP contribution < -0.4 is 0 Å². The summed E-state index contributed by atoms with van der Waals surface area (Å²) in [7, 11) is 3.64. The van der Waals surface area contributed by atoms with Crippen LogP contribution in [0.5, 0.6) is 5.75 Å². The number of halogens is 1. The molecule has 2 aromatic rings. The highest BCUT2D eigenvalue weighted by Gasteiger charge is 2.36. The number of Topliss-reactive ketones (excluding diaryl/α,β-unsaturated/α-hetero) is 1. The van der Waals surface area contributed by atoms with Crippen LogP contribution in [-0.4, -0.2) is 35.4 Å². The lowest BCUT2D eigenvalue weighted by Gasteiger charge is -2.35. The molecule has 0 unspecified atom stereocenters. The monoisotopic (exact) mass is 301 g/mol. The molecular weight excluding hydrogens is 281 g/mol. The van der Waals surface area contributed by atoms with E-state index in [4.69, 9.17) is 0 Å². The largest absolute Gasteiger partial charge is 0.508 e. The van der Waals surface area contributed by atoms with Crippen LogP contribution in [0.2, 0.25) is 0 Å². The van der Waals surface area contributed by atoms with Gasteiger partial charge in [-0.05, 0) is 57.3 Å². The minimum absolute atomic E-state index is 0.0534. The summed E-state index contributed by atoms with van der Waals surface area (Å²) in [4.78, 5) is 14.7. The topological polar surface area (TPSA) is 40.5 Å². The third kappa shape index (κ3) is 3.34. The summed E-state index contributed by atoms with van der Waals surface area (Å²) in [6.45, 7) is 1.82. The average molecular weight is 301 g/mol. The molecule has 3 nitrogen and oxygen atoms in total. The van der Waals surface area contributed by atoms with Crippen LogP contribution in [0, 0.1) is 5.82 Å². The molecule has 1 N–H and O–H groups in total. The number of benzene rings is 2. The first kappa shape index (κ1) is 16.2. The second-order valence-corrected chi connectivity index (χ2v) is 5.85. The second-order valence-electron chi connectivity index (χ2n) is 5.85. The Hall–Kier alpha value is -2.20. The summed E-state index contributed by atoms with van der Waals surface area (Å²) >= 11 is 0. The van der Waals surface area contributed by atoms with Crippen molar-refractivity contribution in [1.29, 1.82) is 0 Å². The molecule has 22 heavy (non-hydrogen) atoms. The molecule has 0 amide bonds. The summed E-state index contributed by atoms with van der Waals surface area (Å²) in [6, 6.07) is 12.6. The summed E-state index contributed by atoms with van der Waals surface area (Å²) in [5, 5.41) is 9.58. The number of ketones is 1. The fourth-order valence-corrected chi connectivity index (χ4v) is 2.44. The number of phenols is 1. The lowest BCUT2D eigenvalue weighted by atomic mass is 9.84. The molecule has 0 heterocycles. The number of aromatic hydroxyl groups is 1. The normalized spacial score (nSPS) is 13.9. The minimum atomic E-state index is -0.832. The van der Waals surface area contributed by atoms with E-state index in [1.165, 1.54) is 24.3 Å². The number of carbonyl (C=O) groups is 1. The van der Waals surface area contributed by atoms with Crippen LogP contribution in [0.4, 0.5) is 4.39 Å². The molecule has 0 aromatic heterocycles. The van der Waals surface area contributed by atoms with Crippen molar-refractivity contribution >= 4 is 5.78 Å². The standard InChI is InChI=1S/C18H20FNO2/c1-18(20(2)3,12-13-6-4-8-15(19)10-13)17(22)14-7-5-9-16(21)11-14/h4-11,21H,12H2,1-3H3/t18-/m0/s1. The Kier molecular flexibility index (Phi) is 4.62. The molecule has 0 aliphatic heterocycles. The molecule has 0 aliphatic carbocycles. The Balaban J connectivity index is 2.37. The lowest BCUT2D eigenvalue weighted by molar-refractivity contribution is 0.0718. The minimum Gasteiger partial charge on any atom is -0.508 e. The van der Waals surface area contributed by atoms with E-state index >= 15 is 0 Å². The SMILES string of the molecule is CN(C)[C@@](C)(Cc1cccc(F)c1)C(=O)c1cccc(O)c1. The summed E-state index contributed by atoms with van der Waals surface area (Å²) in [5.41, 5.74) is 0.360. The van der Waals surface area contributed by atoms with Crippen LogP contribution in [0.15, 0.2) is 48.5 Å². The van der Waals surface area contributed by atoms with Crippen molar-refractivity contribution in [3.8, 4) is 5.75 Å². The molecular formula is C18H20FNO2. The quantitative estimate of drug-likeness (QED) is 0.862. The Labute approximate surface area is 130 Å². The molecule has 0 spiro atoms. The van der Waals surface area contributed by atoms with Crippen molar-refractivity contribution in [2.24, 2.45) is 0 Å². The fourth-order valence-electron chi connectivity index (χ4n) is 2.44. The van der Waals surface area contributed by atoms with E-state index in [0.29, 0.717) is 12.0 Å². The van der Waals surface area contributed by atoms with Gasteiger partial charge in [-0.3, -0.25) is 9.69 Å². The molecule has 0 fully saturated rings. The lowest BCUT2D eigenvalue weighted by Crippen LogP contribution is -2.50. The van der Waals surface area contributed by atoms with Crippen molar-refractivity contribution < 1.29 is 14.3 Å². The maximum Gasteiger partial charge on any atom is 0.183 e. The zero-order chi connectivity index (χ0) is 16.3. The van der Waals surface area contributed by atoms with E-state index in [1.54, 1.807) is 24.3 Å². The second kappa shape index (κ2) is 6.28. The molecule has 1 atom stereocenters. The number of nitrogens with zero attached hydrogens (tertiary/aromatic N) is 1. The van der Waals surface area contributed by atoms with Crippen LogP contribution in [-0.2, 0) is 6.42 Å². The van der Waals surface area contributed by atoms with Crippen LogP contribution in [0.25, 0.3) is 0 Å². The third-order valence-corrected chi connectivity index (χ3v) is 4.02. The Morgan fingerprint density at radius 2 is 1.86 bits per heavy atom. The van der Waals surface area contributed by atoms with E-state index in [0.717, 1.165) is 5.56 Å². The highest BCUT2D eigenvalue weighted by atomic mass is 19.1. The fraction of sp³-hybridized carbons (Fsp3) is 0.278. The Morgan fingerprint density at radius 3 is 2.45 bits per heavy atom. The maximum absolute atomic E-state index is 13.4. The molecule has 2 rings (SSSR count).